The first kappa shape index (κ1) is 29.1. The van der Waals surface area contributed by atoms with Crippen molar-refractivity contribution in [2.75, 3.05) is 19.8 Å². The summed E-state index contributed by atoms with van der Waals surface area (Å²) >= 11 is 0. The SMILES string of the molecule is CC(C)CC(C)(C)COP(=O)(OCC(C)(C)CC(C)C)OCC(C)(C)CC(C)C. The predicted molar refractivity (Wildman–Crippen MR) is 125 cm³/mol. The molecule has 5 heteroatoms. The number of hydrogen-bond donors (Lipinski definition) is 0. The molecule has 0 N–H and O–H groups in total. The highest BCUT2D eigenvalue weighted by molar-refractivity contribution is 7.48. The van der Waals surface area contributed by atoms with E-state index in [0.29, 0.717) is 37.6 Å². The summed E-state index contributed by atoms with van der Waals surface area (Å²) in [4.78, 5) is 0. The van der Waals surface area contributed by atoms with Gasteiger partial charge in [0.25, 0.3) is 0 Å². The minimum absolute atomic E-state index is 0.0859. The molecule has 0 saturated carbocycles. The van der Waals surface area contributed by atoms with Gasteiger partial charge in [0, 0.05) is 0 Å². The lowest BCUT2D eigenvalue weighted by molar-refractivity contribution is 0.0317. The van der Waals surface area contributed by atoms with Crippen molar-refractivity contribution in [2.24, 2.45) is 34.0 Å². The molecule has 0 bridgehead atoms. The number of phosphoric acid groups is 1. The number of hydrogen-bond acceptors (Lipinski definition) is 4. The van der Waals surface area contributed by atoms with Crippen LogP contribution in [0, 0.1) is 34.0 Å². The average molecular weight is 435 g/mol. The molecule has 0 aromatic heterocycles. The first-order valence-corrected chi connectivity index (χ1v) is 12.9. The second-order valence-electron chi connectivity index (χ2n) is 12.6. The molecular weight excluding hydrogens is 383 g/mol. The van der Waals surface area contributed by atoms with E-state index in [9.17, 15) is 4.57 Å². The van der Waals surface area contributed by atoms with Crippen molar-refractivity contribution in [3.63, 3.8) is 0 Å². The maximum Gasteiger partial charge on any atom is 0.474 e. The van der Waals surface area contributed by atoms with Gasteiger partial charge in [0.15, 0.2) is 0 Å². The fraction of sp³-hybridized carbons (Fsp3) is 1.00. The molecule has 176 valence electrons. The van der Waals surface area contributed by atoms with E-state index in [2.05, 4.69) is 83.1 Å². The van der Waals surface area contributed by atoms with E-state index >= 15 is 0 Å². The van der Waals surface area contributed by atoms with E-state index in [1.807, 2.05) is 0 Å². The quantitative estimate of drug-likeness (QED) is 0.243. The number of rotatable bonds is 15. The van der Waals surface area contributed by atoms with Crippen LogP contribution in [0.2, 0.25) is 0 Å². The molecule has 0 unspecified atom stereocenters. The van der Waals surface area contributed by atoms with Crippen molar-refractivity contribution in [3.05, 3.63) is 0 Å². The van der Waals surface area contributed by atoms with Gasteiger partial charge in [-0.1, -0.05) is 83.1 Å². The lowest BCUT2D eigenvalue weighted by atomic mass is 9.85. The van der Waals surface area contributed by atoms with E-state index in [1.54, 1.807) is 0 Å². The maximum atomic E-state index is 13.5. The maximum absolute atomic E-state index is 13.5. The predicted octanol–water partition coefficient (Wildman–Crippen LogP) is 8.36. The fourth-order valence-corrected chi connectivity index (χ4v) is 6.11. The topological polar surface area (TPSA) is 44.8 Å². The molecule has 0 aliphatic heterocycles. The van der Waals surface area contributed by atoms with Gasteiger partial charge in [-0.05, 0) is 53.3 Å². The monoisotopic (exact) mass is 434 g/mol. The Labute approximate surface area is 182 Å². The van der Waals surface area contributed by atoms with Gasteiger partial charge in [-0.25, -0.2) is 4.57 Å². The van der Waals surface area contributed by atoms with Gasteiger partial charge >= 0.3 is 7.82 Å². The van der Waals surface area contributed by atoms with Crippen molar-refractivity contribution in [1.29, 1.82) is 0 Å². The molecule has 0 aromatic rings. The summed E-state index contributed by atoms with van der Waals surface area (Å²) in [6, 6.07) is 0. The second kappa shape index (κ2) is 11.7. The molecule has 0 aliphatic rings. The molecule has 0 rings (SSSR count). The van der Waals surface area contributed by atoms with Crippen LogP contribution in [0.15, 0.2) is 0 Å². The highest BCUT2D eigenvalue weighted by Gasteiger charge is 2.35. The molecule has 0 amide bonds. The molecule has 0 atom stereocenters. The number of phosphoric ester groups is 1. The summed E-state index contributed by atoms with van der Waals surface area (Å²) in [7, 11) is -3.64. The van der Waals surface area contributed by atoms with Crippen LogP contribution in [0.25, 0.3) is 0 Å². The zero-order valence-electron chi connectivity index (χ0n) is 21.6. The van der Waals surface area contributed by atoms with Crippen LogP contribution in [0.3, 0.4) is 0 Å². The molecule has 0 aromatic carbocycles. The van der Waals surface area contributed by atoms with Gasteiger partial charge in [-0.3, -0.25) is 13.6 Å². The molecule has 0 heterocycles. The van der Waals surface area contributed by atoms with Gasteiger partial charge < -0.3 is 0 Å². The summed E-state index contributed by atoms with van der Waals surface area (Å²) in [5, 5.41) is 0. The Morgan fingerprint density at radius 1 is 0.552 bits per heavy atom. The summed E-state index contributed by atoms with van der Waals surface area (Å²) in [5.41, 5.74) is -0.258. The van der Waals surface area contributed by atoms with Crippen LogP contribution in [-0.2, 0) is 18.1 Å². The third-order valence-electron chi connectivity index (χ3n) is 4.72. The summed E-state index contributed by atoms with van der Waals surface area (Å²) in [6.07, 6.45) is 2.97. The minimum atomic E-state index is -3.64. The molecule has 0 spiro atoms. The Morgan fingerprint density at radius 3 is 0.931 bits per heavy atom. The fourth-order valence-electron chi connectivity index (χ4n) is 4.37. The van der Waals surface area contributed by atoms with E-state index in [-0.39, 0.29) is 16.2 Å². The zero-order valence-corrected chi connectivity index (χ0v) is 22.4. The van der Waals surface area contributed by atoms with Gasteiger partial charge in [0.05, 0.1) is 19.8 Å². The third-order valence-corrected chi connectivity index (χ3v) is 6.06. The van der Waals surface area contributed by atoms with Crippen LogP contribution in [0.1, 0.15) is 102 Å². The van der Waals surface area contributed by atoms with E-state index in [0.717, 1.165) is 19.3 Å². The third kappa shape index (κ3) is 14.7. The van der Waals surface area contributed by atoms with E-state index in [1.165, 1.54) is 0 Å². The molecule has 0 radical (unpaired) electrons. The van der Waals surface area contributed by atoms with Crippen LogP contribution < -0.4 is 0 Å². The summed E-state index contributed by atoms with van der Waals surface area (Å²) < 4.78 is 31.3. The van der Waals surface area contributed by atoms with Gasteiger partial charge in [0.2, 0.25) is 0 Å². The Balaban J connectivity index is 5.23. The van der Waals surface area contributed by atoms with Crippen LogP contribution >= 0.6 is 7.82 Å². The highest BCUT2D eigenvalue weighted by atomic mass is 31.2. The lowest BCUT2D eigenvalue weighted by Crippen LogP contribution is -2.26. The highest BCUT2D eigenvalue weighted by Crippen LogP contribution is 2.53. The van der Waals surface area contributed by atoms with Gasteiger partial charge in [-0.15, -0.1) is 0 Å². The van der Waals surface area contributed by atoms with E-state index < -0.39 is 7.82 Å². The molecule has 29 heavy (non-hydrogen) atoms. The van der Waals surface area contributed by atoms with Crippen LogP contribution in [0.5, 0.6) is 0 Å². The molecule has 0 fully saturated rings. The molecule has 0 saturated heterocycles. The smallest absolute Gasteiger partial charge is 0.286 e. The van der Waals surface area contributed by atoms with Crippen LogP contribution in [-0.4, -0.2) is 19.8 Å². The first-order chi connectivity index (χ1) is 12.9. The molecule has 4 nitrogen and oxygen atoms in total. The van der Waals surface area contributed by atoms with Crippen LogP contribution in [0.4, 0.5) is 0 Å². The Bertz CT molecular complexity index is 436. The van der Waals surface area contributed by atoms with Gasteiger partial charge in [0.1, 0.15) is 0 Å². The van der Waals surface area contributed by atoms with Crippen molar-refractivity contribution in [1.82, 2.24) is 0 Å². The van der Waals surface area contributed by atoms with Crippen molar-refractivity contribution in [3.8, 4) is 0 Å². The Hall–Kier alpha value is 0.110. The zero-order chi connectivity index (χ0) is 23.1. The van der Waals surface area contributed by atoms with Gasteiger partial charge in [-0.2, -0.15) is 0 Å². The largest absolute Gasteiger partial charge is 0.474 e. The second-order valence-corrected chi connectivity index (χ2v) is 14.2. The first-order valence-electron chi connectivity index (χ1n) is 11.4. The van der Waals surface area contributed by atoms with E-state index in [4.69, 9.17) is 13.6 Å². The standard InChI is InChI=1S/C24H51O4P/c1-19(2)13-22(7,8)16-26-29(25,27-17-23(9,10)14-20(3)4)28-18-24(11,12)15-21(5)6/h19-21H,13-18H2,1-12H3. The minimum Gasteiger partial charge on any atom is -0.286 e. The van der Waals surface area contributed by atoms with Crippen molar-refractivity contribution in [2.45, 2.75) is 102 Å². The molecule has 0 aliphatic carbocycles. The normalized spacial score (nSPS) is 14.4. The Kier molecular flexibility index (Phi) is 11.7. The summed E-state index contributed by atoms with van der Waals surface area (Å²) in [5.74, 6) is 1.64. The summed E-state index contributed by atoms with van der Waals surface area (Å²) in [6.45, 7) is 27.1. The van der Waals surface area contributed by atoms with Crippen molar-refractivity contribution < 1.29 is 18.1 Å². The van der Waals surface area contributed by atoms with Crippen molar-refractivity contribution >= 4 is 7.82 Å². The Morgan fingerprint density at radius 2 is 0.759 bits per heavy atom. The molecular formula is C24H51O4P. The average Bonchev–Trinajstić information content (AvgIpc) is 2.46. The lowest BCUT2D eigenvalue weighted by Gasteiger charge is -2.33.